The van der Waals surface area contributed by atoms with E-state index >= 15 is 0 Å². The van der Waals surface area contributed by atoms with Gasteiger partial charge in [0.15, 0.2) is 0 Å². The molecule has 1 aliphatic heterocycles. The molecule has 1 amide bonds. The van der Waals surface area contributed by atoms with Gasteiger partial charge >= 0.3 is 0 Å². The van der Waals surface area contributed by atoms with Crippen LogP contribution in [0, 0.1) is 0 Å². The number of piperidine rings is 1. The lowest BCUT2D eigenvalue weighted by Gasteiger charge is -2.35. The van der Waals surface area contributed by atoms with Crippen molar-refractivity contribution < 1.29 is 4.79 Å². The number of hydrogen-bond acceptors (Lipinski definition) is 3. The first-order valence-corrected chi connectivity index (χ1v) is 5.23. The van der Waals surface area contributed by atoms with Gasteiger partial charge in [-0.25, -0.2) is 0 Å². The van der Waals surface area contributed by atoms with Gasteiger partial charge in [-0.3, -0.25) is 9.48 Å². The van der Waals surface area contributed by atoms with Crippen molar-refractivity contribution in [3.05, 3.63) is 18.5 Å². The van der Waals surface area contributed by atoms with Crippen LogP contribution in [0.2, 0.25) is 0 Å². The molecule has 0 spiro atoms. The molecule has 1 aromatic rings. The highest BCUT2D eigenvalue weighted by Crippen LogP contribution is 2.26. The normalized spacial score (nSPS) is 19.8. The van der Waals surface area contributed by atoms with Gasteiger partial charge in [0.1, 0.15) is 5.54 Å². The molecule has 2 N–H and O–H groups in total. The van der Waals surface area contributed by atoms with E-state index in [0.29, 0.717) is 0 Å². The maximum Gasteiger partial charge on any atom is 0.247 e. The van der Waals surface area contributed by atoms with Crippen molar-refractivity contribution in [2.24, 2.45) is 0 Å². The number of carbonyl (C=O) groups excluding carboxylic acids is 1. The summed E-state index contributed by atoms with van der Waals surface area (Å²) in [4.78, 5) is 12.0. The van der Waals surface area contributed by atoms with Crippen molar-refractivity contribution in [1.82, 2.24) is 20.4 Å². The Bertz CT molecular complexity index is 327. The van der Waals surface area contributed by atoms with Gasteiger partial charge < -0.3 is 10.6 Å². The summed E-state index contributed by atoms with van der Waals surface area (Å²) in [7, 11) is 1.68. The predicted molar refractivity (Wildman–Crippen MR) is 56.4 cm³/mol. The Hall–Kier alpha value is -1.36. The Morgan fingerprint density at radius 1 is 1.53 bits per heavy atom. The number of nitrogens with one attached hydrogen (secondary N) is 2. The monoisotopic (exact) mass is 208 g/mol. The molecule has 0 aromatic carbocycles. The van der Waals surface area contributed by atoms with E-state index in [0.717, 1.165) is 25.9 Å². The van der Waals surface area contributed by atoms with Crippen LogP contribution in [0.4, 0.5) is 0 Å². The number of hydrogen-bond donors (Lipinski definition) is 2. The molecule has 0 aliphatic carbocycles. The molecule has 82 valence electrons. The second-order valence-electron chi connectivity index (χ2n) is 3.81. The van der Waals surface area contributed by atoms with Crippen molar-refractivity contribution in [3.8, 4) is 0 Å². The van der Waals surface area contributed by atoms with Crippen LogP contribution in [0.5, 0.6) is 0 Å². The molecular weight excluding hydrogens is 192 g/mol. The van der Waals surface area contributed by atoms with E-state index in [1.54, 1.807) is 17.9 Å². The van der Waals surface area contributed by atoms with Gasteiger partial charge in [0.05, 0.1) is 0 Å². The first-order chi connectivity index (χ1) is 7.29. The molecule has 0 saturated carbocycles. The lowest BCUT2D eigenvalue weighted by atomic mass is 9.87. The van der Waals surface area contributed by atoms with Crippen LogP contribution >= 0.6 is 0 Å². The minimum atomic E-state index is -0.497. The number of carbonyl (C=O) groups is 1. The SMILES string of the molecule is CNC(=O)C1(n2cccn2)CCNCC1. The minimum absolute atomic E-state index is 0.0488. The molecule has 1 fully saturated rings. The topological polar surface area (TPSA) is 59.0 Å². The Kier molecular flexibility index (Phi) is 2.73. The largest absolute Gasteiger partial charge is 0.357 e. The Morgan fingerprint density at radius 2 is 2.27 bits per heavy atom. The molecule has 0 radical (unpaired) electrons. The maximum absolute atomic E-state index is 12.0. The average molecular weight is 208 g/mol. The number of amides is 1. The fraction of sp³-hybridized carbons (Fsp3) is 0.600. The van der Waals surface area contributed by atoms with E-state index in [2.05, 4.69) is 15.7 Å². The lowest BCUT2D eigenvalue weighted by Crippen LogP contribution is -2.53. The van der Waals surface area contributed by atoms with Crippen molar-refractivity contribution in [2.75, 3.05) is 20.1 Å². The van der Waals surface area contributed by atoms with Crippen molar-refractivity contribution in [3.63, 3.8) is 0 Å². The minimum Gasteiger partial charge on any atom is -0.357 e. The van der Waals surface area contributed by atoms with E-state index in [1.807, 2.05) is 12.3 Å². The van der Waals surface area contributed by atoms with E-state index < -0.39 is 5.54 Å². The fourth-order valence-electron chi connectivity index (χ4n) is 2.16. The van der Waals surface area contributed by atoms with Crippen LogP contribution in [0.15, 0.2) is 18.5 Å². The van der Waals surface area contributed by atoms with E-state index in [-0.39, 0.29) is 5.91 Å². The van der Waals surface area contributed by atoms with Gasteiger partial charge in [-0.05, 0) is 32.0 Å². The zero-order valence-corrected chi connectivity index (χ0v) is 8.86. The van der Waals surface area contributed by atoms with Crippen LogP contribution in [0.1, 0.15) is 12.8 Å². The molecule has 0 unspecified atom stereocenters. The number of nitrogens with zero attached hydrogens (tertiary/aromatic N) is 2. The standard InChI is InChI=1S/C10H16N4O/c1-11-9(15)10(3-6-12-7-4-10)14-8-2-5-13-14/h2,5,8,12H,3-4,6-7H2,1H3,(H,11,15). The zero-order valence-electron chi connectivity index (χ0n) is 8.86. The maximum atomic E-state index is 12.0. The first-order valence-electron chi connectivity index (χ1n) is 5.23. The van der Waals surface area contributed by atoms with Crippen LogP contribution in [0.3, 0.4) is 0 Å². The Labute approximate surface area is 88.8 Å². The van der Waals surface area contributed by atoms with E-state index in [1.165, 1.54) is 0 Å². The van der Waals surface area contributed by atoms with Gasteiger partial charge in [0.2, 0.25) is 5.91 Å². The predicted octanol–water partition coefficient (Wildman–Crippen LogP) is -0.292. The third kappa shape index (κ3) is 1.63. The summed E-state index contributed by atoms with van der Waals surface area (Å²) in [6.07, 6.45) is 5.15. The molecule has 5 nitrogen and oxygen atoms in total. The van der Waals surface area contributed by atoms with Crippen LogP contribution < -0.4 is 10.6 Å². The molecule has 15 heavy (non-hydrogen) atoms. The molecule has 1 aromatic heterocycles. The second kappa shape index (κ2) is 4.02. The summed E-state index contributed by atoms with van der Waals surface area (Å²) in [6, 6.07) is 1.85. The highest BCUT2D eigenvalue weighted by atomic mass is 16.2. The molecule has 1 aliphatic rings. The number of rotatable bonds is 2. The second-order valence-corrected chi connectivity index (χ2v) is 3.81. The van der Waals surface area contributed by atoms with Crippen LogP contribution in [-0.2, 0) is 10.3 Å². The van der Waals surface area contributed by atoms with Crippen molar-refractivity contribution in [2.45, 2.75) is 18.4 Å². The smallest absolute Gasteiger partial charge is 0.247 e. The average Bonchev–Trinajstić information content (AvgIpc) is 2.83. The summed E-state index contributed by atoms with van der Waals surface area (Å²) in [5.74, 6) is 0.0488. The summed E-state index contributed by atoms with van der Waals surface area (Å²) < 4.78 is 1.78. The van der Waals surface area contributed by atoms with Crippen LogP contribution in [0.25, 0.3) is 0 Å². The van der Waals surface area contributed by atoms with Crippen molar-refractivity contribution >= 4 is 5.91 Å². The fourth-order valence-corrected chi connectivity index (χ4v) is 2.16. The molecule has 0 bridgehead atoms. The summed E-state index contributed by atoms with van der Waals surface area (Å²) in [5.41, 5.74) is -0.497. The molecule has 5 heteroatoms. The summed E-state index contributed by atoms with van der Waals surface area (Å²) in [6.45, 7) is 1.71. The van der Waals surface area contributed by atoms with Gasteiger partial charge in [-0.2, -0.15) is 5.10 Å². The number of likely N-dealkylation sites (N-methyl/N-ethyl adjacent to an activating group) is 1. The lowest BCUT2D eigenvalue weighted by molar-refractivity contribution is -0.131. The van der Waals surface area contributed by atoms with Gasteiger partial charge in [0.25, 0.3) is 0 Å². The van der Waals surface area contributed by atoms with Gasteiger partial charge in [-0.15, -0.1) is 0 Å². The summed E-state index contributed by atoms with van der Waals surface area (Å²) >= 11 is 0. The molecule has 2 rings (SSSR count). The first kappa shape index (κ1) is 10.2. The summed E-state index contributed by atoms with van der Waals surface area (Å²) in [5, 5.41) is 10.2. The Morgan fingerprint density at radius 3 is 2.80 bits per heavy atom. The molecular formula is C10H16N4O. The quantitative estimate of drug-likeness (QED) is 0.702. The van der Waals surface area contributed by atoms with Gasteiger partial charge in [-0.1, -0.05) is 0 Å². The van der Waals surface area contributed by atoms with Crippen molar-refractivity contribution in [1.29, 1.82) is 0 Å². The van der Waals surface area contributed by atoms with E-state index in [4.69, 9.17) is 0 Å². The Balaban J connectivity index is 2.34. The number of aromatic nitrogens is 2. The third-order valence-corrected chi connectivity index (χ3v) is 3.02. The molecule has 1 saturated heterocycles. The van der Waals surface area contributed by atoms with Crippen LogP contribution in [-0.4, -0.2) is 35.8 Å². The van der Waals surface area contributed by atoms with E-state index in [9.17, 15) is 4.79 Å². The highest BCUT2D eigenvalue weighted by Gasteiger charge is 2.41. The molecule has 2 heterocycles. The highest BCUT2D eigenvalue weighted by molar-refractivity contribution is 5.84. The zero-order chi connectivity index (χ0) is 10.7. The third-order valence-electron chi connectivity index (χ3n) is 3.02. The molecule has 0 atom stereocenters. The van der Waals surface area contributed by atoms with Gasteiger partial charge in [0, 0.05) is 19.4 Å².